The predicted octanol–water partition coefficient (Wildman–Crippen LogP) is 3.08. The number of hydrogen-bond acceptors (Lipinski definition) is 4. The van der Waals surface area contributed by atoms with E-state index in [1.165, 1.54) is 11.3 Å². The maximum Gasteiger partial charge on any atom is 0.0637 e. The molecule has 4 nitrogen and oxygen atoms in total. The van der Waals surface area contributed by atoms with E-state index in [1.54, 1.807) is 7.11 Å². The zero-order valence-electron chi connectivity index (χ0n) is 14.4. The fourth-order valence-electron chi connectivity index (χ4n) is 2.16. The van der Waals surface area contributed by atoms with Crippen molar-refractivity contribution in [3.8, 4) is 0 Å². The van der Waals surface area contributed by atoms with Gasteiger partial charge >= 0.3 is 0 Å². The van der Waals surface area contributed by atoms with E-state index in [9.17, 15) is 0 Å². The van der Waals surface area contributed by atoms with Crippen LogP contribution in [0.2, 0.25) is 0 Å². The number of methoxy groups -OCH3 is 1. The van der Waals surface area contributed by atoms with Crippen LogP contribution in [0, 0.1) is 5.92 Å². The number of nitrogens with one attached hydrogen (secondary N) is 1. The summed E-state index contributed by atoms with van der Waals surface area (Å²) in [4.78, 5) is 6.69. The lowest BCUT2D eigenvalue weighted by molar-refractivity contribution is 0.204. The molecule has 0 bridgehead atoms. The number of ether oxygens (including phenoxy) is 1. The highest BCUT2D eigenvalue weighted by Gasteiger charge is 2.15. The van der Waals surface area contributed by atoms with Gasteiger partial charge < -0.3 is 15.0 Å². The summed E-state index contributed by atoms with van der Waals surface area (Å²) in [7, 11) is 1.75. The Kier molecular flexibility index (Phi) is 7.12. The van der Waals surface area contributed by atoms with Gasteiger partial charge in [0.2, 0.25) is 0 Å². The second-order valence-corrected chi connectivity index (χ2v) is 6.94. The molecule has 0 fully saturated rings. The summed E-state index contributed by atoms with van der Waals surface area (Å²) in [6.07, 6.45) is 3.84. The number of pyridine rings is 1. The SMILES string of the molecule is COCCN(CC(C)C)c1cnccc1CNC(C)(C)C. The Bertz CT molecular complexity index is 413. The molecule has 21 heavy (non-hydrogen) atoms. The Morgan fingerprint density at radius 2 is 2.05 bits per heavy atom. The van der Waals surface area contributed by atoms with Crippen LogP contribution in [0.4, 0.5) is 5.69 Å². The van der Waals surface area contributed by atoms with Crippen molar-refractivity contribution in [2.45, 2.75) is 46.7 Å². The molecule has 1 aromatic rings. The minimum Gasteiger partial charge on any atom is -0.383 e. The van der Waals surface area contributed by atoms with Crippen molar-refractivity contribution in [2.75, 3.05) is 31.7 Å². The lowest BCUT2D eigenvalue weighted by Crippen LogP contribution is -2.36. The molecule has 0 radical (unpaired) electrons. The van der Waals surface area contributed by atoms with Gasteiger partial charge in [0, 0.05) is 38.5 Å². The molecule has 0 saturated carbocycles. The minimum atomic E-state index is 0.107. The van der Waals surface area contributed by atoms with Gasteiger partial charge in [0.15, 0.2) is 0 Å². The molecular formula is C17H31N3O. The van der Waals surface area contributed by atoms with Crippen LogP contribution < -0.4 is 10.2 Å². The third-order valence-electron chi connectivity index (χ3n) is 3.19. The molecule has 0 aliphatic rings. The first-order valence-corrected chi connectivity index (χ1v) is 7.75. The van der Waals surface area contributed by atoms with Crippen molar-refractivity contribution in [3.05, 3.63) is 24.0 Å². The van der Waals surface area contributed by atoms with E-state index >= 15 is 0 Å². The smallest absolute Gasteiger partial charge is 0.0637 e. The van der Waals surface area contributed by atoms with E-state index in [4.69, 9.17) is 4.74 Å². The predicted molar refractivity (Wildman–Crippen MR) is 89.8 cm³/mol. The number of aromatic nitrogens is 1. The second kappa shape index (κ2) is 8.35. The van der Waals surface area contributed by atoms with Crippen LogP contribution >= 0.6 is 0 Å². The van der Waals surface area contributed by atoms with E-state index < -0.39 is 0 Å². The van der Waals surface area contributed by atoms with Gasteiger partial charge in [-0.05, 0) is 38.3 Å². The van der Waals surface area contributed by atoms with Crippen molar-refractivity contribution in [3.63, 3.8) is 0 Å². The monoisotopic (exact) mass is 293 g/mol. The van der Waals surface area contributed by atoms with Crippen LogP contribution in [0.1, 0.15) is 40.2 Å². The molecule has 0 unspecified atom stereocenters. The van der Waals surface area contributed by atoms with Crippen LogP contribution in [-0.4, -0.2) is 37.3 Å². The van der Waals surface area contributed by atoms with Crippen LogP contribution in [0.25, 0.3) is 0 Å². The van der Waals surface area contributed by atoms with Crippen molar-refractivity contribution in [1.82, 2.24) is 10.3 Å². The Morgan fingerprint density at radius 3 is 2.62 bits per heavy atom. The van der Waals surface area contributed by atoms with E-state index in [0.717, 1.165) is 26.2 Å². The fraction of sp³-hybridized carbons (Fsp3) is 0.706. The third kappa shape index (κ3) is 6.91. The number of nitrogens with zero attached hydrogens (tertiary/aromatic N) is 2. The van der Waals surface area contributed by atoms with Crippen molar-refractivity contribution in [1.29, 1.82) is 0 Å². The molecule has 1 heterocycles. The Labute approximate surface area is 129 Å². The molecule has 1 rings (SSSR count). The Morgan fingerprint density at radius 1 is 1.33 bits per heavy atom. The third-order valence-corrected chi connectivity index (χ3v) is 3.19. The molecule has 0 saturated heterocycles. The van der Waals surface area contributed by atoms with E-state index in [0.29, 0.717) is 5.92 Å². The highest BCUT2D eigenvalue weighted by atomic mass is 16.5. The molecule has 0 aromatic carbocycles. The number of rotatable bonds is 8. The van der Waals surface area contributed by atoms with E-state index in [1.807, 2.05) is 12.4 Å². The van der Waals surface area contributed by atoms with Gasteiger partial charge in [0.1, 0.15) is 0 Å². The molecule has 120 valence electrons. The topological polar surface area (TPSA) is 37.4 Å². The minimum absolute atomic E-state index is 0.107. The zero-order valence-corrected chi connectivity index (χ0v) is 14.4. The van der Waals surface area contributed by atoms with Gasteiger partial charge in [-0.25, -0.2) is 0 Å². The summed E-state index contributed by atoms with van der Waals surface area (Å²) < 4.78 is 5.25. The first-order valence-electron chi connectivity index (χ1n) is 7.75. The van der Waals surface area contributed by atoms with Crippen LogP contribution in [0.15, 0.2) is 18.5 Å². The summed E-state index contributed by atoms with van der Waals surface area (Å²) in [6, 6.07) is 2.11. The Balaban J connectivity index is 2.90. The fourth-order valence-corrected chi connectivity index (χ4v) is 2.16. The first-order chi connectivity index (χ1) is 9.83. The summed E-state index contributed by atoms with van der Waals surface area (Å²) in [5, 5.41) is 3.56. The zero-order chi connectivity index (χ0) is 15.9. The van der Waals surface area contributed by atoms with Gasteiger partial charge in [0.25, 0.3) is 0 Å². The largest absolute Gasteiger partial charge is 0.383 e. The summed E-state index contributed by atoms with van der Waals surface area (Å²) >= 11 is 0. The summed E-state index contributed by atoms with van der Waals surface area (Å²) in [5.41, 5.74) is 2.60. The summed E-state index contributed by atoms with van der Waals surface area (Å²) in [5.74, 6) is 0.602. The molecule has 4 heteroatoms. The van der Waals surface area contributed by atoms with Crippen molar-refractivity contribution < 1.29 is 4.74 Å². The number of anilines is 1. The maximum atomic E-state index is 5.25. The first kappa shape index (κ1) is 17.9. The Hall–Kier alpha value is -1.13. The average Bonchev–Trinajstić information content (AvgIpc) is 2.40. The highest BCUT2D eigenvalue weighted by Crippen LogP contribution is 2.21. The molecule has 0 spiro atoms. The van der Waals surface area contributed by atoms with Gasteiger partial charge in [0.05, 0.1) is 18.5 Å². The molecule has 0 aliphatic heterocycles. The van der Waals surface area contributed by atoms with Crippen molar-refractivity contribution in [2.24, 2.45) is 5.92 Å². The standard InChI is InChI=1S/C17H31N3O/c1-14(2)13-20(9-10-21-6)16-12-18-8-7-15(16)11-19-17(3,4)5/h7-8,12,14,19H,9-11,13H2,1-6H3. The second-order valence-electron chi connectivity index (χ2n) is 6.94. The molecular weight excluding hydrogens is 262 g/mol. The maximum absolute atomic E-state index is 5.25. The van der Waals surface area contributed by atoms with Crippen LogP contribution in [0.5, 0.6) is 0 Å². The molecule has 0 atom stereocenters. The molecule has 1 N–H and O–H groups in total. The van der Waals surface area contributed by atoms with Gasteiger partial charge in [-0.3, -0.25) is 4.98 Å². The molecule has 1 aromatic heterocycles. The van der Waals surface area contributed by atoms with Gasteiger partial charge in [-0.1, -0.05) is 13.8 Å². The normalized spacial score (nSPS) is 12.0. The lowest BCUT2D eigenvalue weighted by Gasteiger charge is -2.29. The quantitative estimate of drug-likeness (QED) is 0.799. The van der Waals surface area contributed by atoms with Crippen molar-refractivity contribution >= 4 is 5.69 Å². The van der Waals surface area contributed by atoms with E-state index in [2.05, 4.69) is 55.9 Å². The van der Waals surface area contributed by atoms with Gasteiger partial charge in [-0.15, -0.1) is 0 Å². The summed E-state index contributed by atoms with van der Waals surface area (Å²) in [6.45, 7) is 14.5. The molecule has 0 amide bonds. The van der Waals surface area contributed by atoms with Gasteiger partial charge in [-0.2, -0.15) is 0 Å². The van der Waals surface area contributed by atoms with Crippen LogP contribution in [0.3, 0.4) is 0 Å². The lowest BCUT2D eigenvalue weighted by atomic mass is 10.1. The van der Waals surface area contributed by atoms with E-state index in [-0.39, 0.29) is 5.54 Å². The highest BCUT2D eigenvalue weighted by molar-refractivity contribution is 5.51. The average molecular weight is 293 g/mol. The molecule has 0 aliphatic carbocycles. The number of hydrogen-bond donors (Lipinski definition) is 1. The van der Waals surface area contributed by atoms with Crippen LogP contribution in [-0.2, 0) is 11.3 Å².